The van der Waals surface area contributed by atoms with E-state index in [2.05, 4.69) is 16.3 Å². The molecule has 0 aromatic rings. The highest BCUT2D eigenvalue weighted by Gasteiger charge is 2.68. The van der Waals surface area contributed by atoms with Crippen LogP contribution in [0.1, 0.15) is 19.3 Å². The molecule has 2 N–H and O–H groups in total. The van der Waals surface area contributed by atoms with Gasteiger partial charge in [-0.15, -0.1) is 0 Å². The predicted molar refractivity (Wildman–Crippen MR) is 76.0 cm³/mol. The SMILES string of the molecule is O=C1C[C@H]2OCC=C3CN4CC[C@@]5(C(=O)O)[C@H](N1)C2[C@H]3C[C@H]45. The number of ether oxygens (including phenoxy) is 1. The van der Waals surface area contributed by atoms with Crippen molar-refractivity contribution in [3.05, 3.63) is 11.6 Å². The lowest BCUT2D eigenvalue weighted by molar-refractivity contribution is -0.168. The molecule has 1 unspecified atom stereocenters. The molecule has 3 saturated heterocycles. The molecule has 4 heterocycles. The van der Waals surface area contributed by atoms with Gasteiger partial charge in [0.05, 0.1) is 25.2 Å². The second-order valence-electron chi connectivity index (χ2n) is 7.40. The van der Waals surface area contributed by atoms with E-state index in [1.165, 1.54) is 5.57 Å². The monoisotopic (exact) mass is 304 g/mol. The van der Waals surface area contributed by atoms with Crippen LogP contribution in [0.15, 0.2) is 11.6 Å². The third kappa shape index (κ3) is 1.38. The van der Waals surface area contributed by atoms with Crippen molar-refractivity contribution in [2.45, 2.75) is 37.5 Å². The number of carboxylic acid groups (broad SMARTS) is 1. The molecule has 4 aliphatic heterocycles. The molecule has 118 valence electrons. The van der Waals surface area contributed by atoms with Crippen molar-refractivity contribution in [3.8, 4) is 0 Å². The molecular weight excluding hydrogens is 284 g/mol. The lowest BCUT2D eigenvalue weighted by Gasteiger charge is -2.57. The zero-order chi connectivity index (χ0) is 15.1. The second-order valence-corrected chi connectivity index (χ2v) is 7.40. The zero-order valence-corrected chi connectivity index (χ0v) is 12.3. The van der Waals surface area contributed by atoms with Gasteiger partial charge in [-0.25, -0.2) is 0 Å². The molecule has 1 amide bonds. The van der Waals surface area contributed by atoms with Gasteiger partial charge in [-0.1, -0.05) is 11.6 Å². The van der Waals surface area contributed by atoms with Crippen LogP contribution in [-0.2, 0) is 14.3 Å². The molecule has 5 rings (SSSR count). The van der Waals surface area contributed by atoms with E-state index in [1.807, 2.05) is 0 Å². The van der Waals surface area contributed by atoms with Crippen LogP contribution in [0.25, 0.3) is 0 Å². The van der Waals surface area contributed by atoms with E-state index in [4.69, 9.17) is 4.74 Å². The van der Waals surface area contributed by atoms with Crippen LogP contribution in [0.4, 0.5) is 0 Å². The largest absolute Gasteiger partial charge is 0.481 e. The lowest BCUT2D eigenvalue weighted by Crippen LogP contribution is -2.71. The van der Waals surface area contributed by atoms with Gasteiger partial charge in [0.2, 0.25) is 5.91 Å². The predicted octanol–water partition coefficient (Wildman–Crippen LogP) is -0.00490. The topological polar surface area (TPSA) is 78.9 Å². The smallest absolute Gasteiger partial charge is 0.313 e. The number of carbonyl (C=O) groups is 2. The molecule has 6 heteroatoms. The first kappa shape index (κ1) is 13.1. The third-order valence-corrected chi connectivity index (χ3v) is 6.78. The van der Waals surface area contributed by atoms with Gasteiger partial charge in [0.25, 0.3) is 0 Å². The van der Waals surface area contributed by atoms with E-state index < -0.39 is 11.4 Å². The fraction of sp³-hybridized carbons (Fsp3) is 0.750. The van der Waals surface area contributed by atoms with Crippen LogP contribution < -0.4 is 5.32 Å². The maximum Gasteiger partial charge on any atom is 0.313 e. The average Bonchev–Trinajstić information content (AvgIpc) is 2.79. The summed E-state index contributed by atoms with van der Waals surface area (Å²) in [6.07, 6.45) is 3.92. The molecule has 0 radical (unpaired) electrons. The highest BCUT2D eigenvalue weighted by Crippen LogP contribution is 2.58. The number of carbonyl (C=O) groups excluding carboxylic acids is 1. The number of carboxylic acids is 1. The molecule has 2 bridgehead atoms. The van der Waals surface area contributed by atoms with Crippen LogP contribution in [0.3, 0.4) is 0 Å². The number of fused-ring (bicyclic) bond motifs is 1. The summed E-state index contributed by atoms with van der Waals surface area (Å²) in [5, 5.41) is 13.1. The van der Waals surface area contributed by atoms with E-state index in [0.717, 1.165) is 19.5 Å². The first-order chi connectivity index (χ1) is 10.6. The average molecular weight is 304 g/mol. The molecule has 5 aliphatic rings. The minimum absolute atomic E-state index is 0.0468. The molecule has 6 nitrogen and oxygen atoms in total. The Morgan fingerprint density at radius 2 is 2.36 bits per heavy atom. The summed E-state index contributed by atoms with van der Waals surface area (Å²) < 4.78 is 5.95. The number of hydrogen-bond donors (Lipinski definition) is 2. The van der Waals surface area contributed by atoms with Gasteiger partial charge < -0.3 is 15.2 Å². The standard InChI is InChI=1S/C16H20N2O4/c19-12-6-10-13-9-5-11-16(15(20)21,14(13)17-12)2-3-18(11)7-8(9)1-4-22-10/h1,9-11,13-14H,2-7H2,(H,17,19)(H,20,21)/t9-,10+,11-,13?,14+,16-/m0/s1. The van der Waals surface area contributed by atoms with Crippen LogP contribution in [0.2, 0.25) is 0 Å². The molecule has 1 aliphatic carbocycles. The summed E-state index contributed by atoms with van der Waals surface area (Å²) in [7, 11) is 0. The lowest BCUT2D eigenvalue weighted by atomic mass is 9.54. The van der Waals surface area contributed by atoms with Crippen molar-refractivity contribution in [1.29, 1.82) is 0 Å². The molecule has 0 aromatic heterocycles. The van der Waals surface area contributed by atoms with E-state index in [9.17, 15) is 14.7 Å². The summed E-state index contributed by atoms with van der Waals surface area (Å²) in [5.41, 5.74) is 0.556. The van der Waals surface area contributed by atoms with Crippen molar-refractivity contribution >= 4 is 11.9 Å². The minimum Gasteiger partial charge on any atom is -0.481 e. The van der Waals surface area contributed by atoms with Crippen LogP contribution >= 0.6 is 0 Å². The van der Waals surface area contributed by atoms with Crippen LogP contribution in [-0.4, -0.2) is 59.8 Å². The number of aliphatic carboxylic acids is 1. The molecule has 0 spiro atoms. The fourth-order valence-electron chi connectivity index (χ4n) is 5.91. The van der Waals surface area contributed by atoms with Crippen LogP contribution in [0.5, 0.6) is 0 Å². The first-order valence-corrected chi connectivity index (χ1v) is 8.18. The van der Waals surface area contributed by atoms with Gasteiger partial charge in [-0.2, -0.15) is 0 Å². The van der Waals surface area contributed by atoms with E-state index in [0.29, 0.717) is 25.4 Å². The highest BCUT2D eigenvalue weighted by molar-refractivity contribution is 5.83. The van der Waals surface area contributed by atoms with Crippen LogP contribution in [0, 0.1) is 17.3 Å². The summed E-state index contributed by atoms with van der Waals surface area (Å²) in [5.74, 6) is -0.334. The minimum atomic E-state index is -0.839. The van der Waals surface area contributed by atoms with Crippen molar-refractivity contribution in [2.75, 3.05) is 19.7 Å². The van der Waals surface area contributed by atoms with Gasteiger partial charge in [-0.3, -0.25) is 14.5 Å². The van der Waals surface area contributed by atoms with E-state index in [1.54, 1.807) is 0 Å². The molecular formula is C16H20N2O4. The number of piperidine rings is 2. The highest BCUT2D eigenvalue weighted by atomic mass is 16.5. The number of amides is 1. The number of rotatable bonds is 1. The van der Waals surface area contributed by atoms with Gasteiger partial charge in [-0.05, 0) is 18.8 Å². The zero-order valence-electron chi connectivity index (χ0n) is 12.3. The quantitative estimate of drug-likeness (QED) is 0.667. The molecule has 6 atom stereocenters. The Bertz CT molecular complexity index is 603. The first-order valence-electron chi connectivity index (χ1n) is 8.18. The normalized spacial score (nSPS) is 49.2. The second kappa shape index (κ2) is 4.11. The van der Waals surface area contributed by atoms with Crippen molar-refractivity contribution in [1.82, 2.24) is 10.2 Å². The van der Waals surface area contributed by atoms with Crippen molar-refractivity contribution in [3.63, 3.8) is 0 Å². The third-order valence-electron chi connectivity index (χ3n) is 6.78. The Labute approximate surface area is 128 Å². The van der Waals surface area contributed by atoms with Gasteiger partial charge in [0, 0.05) is 25.0 Å². The maximum atomic E-state index is 12.3. The molecule has 0 aromatic carbocycles. The Kier molecular flexibility index (Phi) is 2.45. The fourth-order valence-corrected chi connectivity index (χ4v) is 5.91. The van der Waals surface area contributed by atoms with Gasteiger partial charge >= 0.3 is 5.97 Å². The molecule has 1 saturated carbocycles. The van der Waals surface area contributed by atoms with Crippen molar-refractivity contribution in [2.24, 2.45) is 17.3 Å². The summed E-state index contributed by atoms with van der Waals surface area (Å²) in [6.45, 7) is 2.23. The number of nitrogens with one attached hydrogen (secondary N) is 1. The van der Waals surface area contributed by atoms with E-state index >= 15 is 0 Å². The molecule has 22 heavy (non-hydrogen) atoms. The van der Waals surface area contributed by atoms with Crippen molar-refractivity contribution < 1.29 is 19.4 Å². The summed E-state index contributed by atoms with van der Waals surface area (Å²) in [6, 6.07) is -0.252. The number of hydrogen-bond acceptors (Lipinski definition) is 4. The Hall–Kier alpha value is -1.40. The summed E-state index contributed by atoms with van der Waals surface area (Å²) in [4.78, 5) is 26.7. The Morgan fingerprint density at radius 1 is 1.50 bits per heavy atom. The maximum absolute atomic E-state index is 12.3. The van der Waals surface area contributed by atoms with E-state index in [-0.39, 0.29) is 30.0 Å². The van der Waals surface area contributed by atoms with Gasteiger partial charge in [0.1, 0.15) is 5.41 Å². The summed E-state index contributed by atoms with van der Waals surface area (Å²) >= 11 is 0. The Morgan fingerprint density at radius 3 is 3.18 bits per heavy atom. The number of nitrogens with zero attached hydrogens (tertiary/aromatic N) is 1. The molecule has 4 fully saturated rings. The Balaban J connectivity index is 1.70. The van der Waals surface area contributed by atoms with Gasteiger partial charge in [0.15, 0.2) is 0 Å².